The van der Waals surface area contributed by atoms with Gasteiger partial charge in [-0.3, -0.25) is 9.59 Å². The molecular weight excluding hydrogens is 484 g/mol. The summed E-state index contributed by atoms with van der Waals surface area (Å²) in [6.45, 7) is 0. The molecule has 2 heterocycles. The van der Waals surface area contributed by atoms with Gasteiger partial charge in [-0.25, -0.2) is 4.79 Å². The van der Waals surface area contributed by atoms with Gasteiger partial charge >= 0.3 is 5.97 Å². The van der Waals surface area contributed by atoms with Crippen LogP contribution in [0.2, 0.25) is 0 Å². The van der Waals surface area contributed by atoms with Crippen molar-refractivity contribution in [1.29, 1.82) is 0 Å². The summed E-state index contributed by atoms with van der Waals surface area (Å²) in [5, 5.41) is 5.04. The Bertz CT molecular complexity index is 1190. The Morgan fingerprint density at radius 3 is 2.56 bits per heavy atom. The quantitative estimate of drug-likeness (QED) is 0.486. The van der Waals surface area contributed by atoms with Crippen LogP contribution in [0.3, 0.4) is 0 Å². The molecule has 2 amide bonds. The van der Waals surface area contributed by atoms with Crippen LogP contribution in [-0.4, -0.2) is 49.5 Å². The van der Waals surface area contributed by atoms with Gasteiger partial charge in [0, 0.05) is 6.42 Å². The predicted molar refractivity (Wildman–Crippen MR) is 134 cm³/mol. The summed E-state index contributed by atoms with van der Waals surface area (Å²) in [4.78, 5) is 39.0. The smallest absolute Gasteiger partial charge is 0.328 e. The Morgan fingerprint density at radius 1 is 1.08 bits per heavy atom. The van der Waals surface area contributed by atoms with Crippen LogP contribution in [0.25, 0.3) is 0 Å². The molecule has 2 aromatic rings. The van der Waals surface area contributed by atoms with E-state index in [0.29, 0.717) is 22.6 Å². The minimum atomic E-state index is -1.05. The summed E-state index contributed by atoms with van der Waals surface area (Å²) >= 11 is 6.56. The van der Waals surface area contributed by atoms with Crippen LogP contribution >= 0.6 is 11.6 Å². The van der Waals surface area contributed by atoms with Gasteiger partial charge in [-0.1, -0.05) is 36.4 Å². The minimum Gasteiger partial charge on any atom is -0.497 e. The van der Waals surface area contributed by atoms with E-state index in [0.717, 1.165) is 5.57 Å². The first kappa shape index (κ1) is 25.3. The molecule has 3 aliphatic rings. The number of hydrogen-bond acceptors (Lipinski definition) is 6. The maximum atomic E-state index is 13.4. The van der Waals surface area contributed by atoms with Crippen LogP contribution in [-0.2, 0) is 25.5 Å². The Morgan fingerprint density at radius 2 is 1.86 bits per heavy atom. The van der Waals surface area contributed by atoms with Gasteiger partial charge in [0.05, 0.1) is 26.0 Å². The molecule has 0 saturated heterocycles. The number of fused-ring (bicyclic) bond motifs is 8. The van der Waals surface area contributed by atoms with Crippen LogP contribution < -0.4 is 20.1 Å². The van der Waals surface area contributed by atoms with Gasteiger partial charge in [-0.15, -0.1) is 11.6 Å². The highest BCUT2D eigenvalue weighted by molar-refractivity contribution is 6.22. The van der Waals surface area contributed by atoms with Crippen molar-refractivity contribution in [2.45, 2.75) is 36.4 Å². The Kier molecular flexibility index (Phi) is 7.95. The number of alkyl halides is 1. The SMILES string of the molecule is COC(=O)[C@@H]1CC2=CC(Cl)C(C=C2)Oc2cccc(c2)CC(=O)N[C@@H](c2ccc(OC)cc2)C(=O)N1. The Labute approximate surface area is 214 Å². The lowest BCUT2D eigenvalue weighted by Crippen LogP contribution is -2.48. The van der Waals surface area contributed by atoms with Gasteiger partial charge in [0.15, 0.2) is 0 Å². The second-order valence-corrected chi connectivity index (χ2v) is 9.02. The summed E-state index contributed by atoms with van der Waals surface area (Å²) < 4.78 is 16.2. The first-order valence-electron chi connectivity index (χ1n) is 11.5. The van der Waals surface area contributed by atoms with Crippen LogP contribution in [0.15, 0.2) is 72.3 Å². The number of carbonyl (C=O) groups is 3. The van der Waals surface area contributed by atoms with Crippen LogP contribution in [0.4, 0.5) is 0 Å². The molecule has 5 rings (SSSR count). The molecule has 2 N–H and O–H groups in total. The molecule has 2 unspecified atom stereocenters. The van der Waals surface area contributed by atoms with E-state index in [1.165, 1.54) is 14.2 Å². The highest BCUT2D eigenvalue weighted by Crippen LogP contribution is 2.26. The summed E-state index contributed by atoms with van der Waals surface area (Å²) in [5.74, 6) is -0.356. The lowest BCUT2D eigenvalue weighted by molar-refractivity contribution is -0.145. The largest absolute Gasteiger partial charge is 0.497 e. The molecule has 0 fully saturated rings. The summed E-state index contributed by atoms with van der Waals surface area (Å²) in [6.07, 6.45) is 5.18. The van der Waals surface area contributed by atoms with E-state index < -0.39 is 35.4 Å². The number of methoxy groups -OCH3 is 2. The molecule has 0 radical (unpaired) electrons. The zero-order chi connectivity index (χ0) is 25.7. The van der Waals surface area contributed by atoms with E-state index >= 15 is 0 Å². The van der Waals surface area contributed by atoms with E-state index in [1.54, 1.807) is 54.6 Å². The first-order chi connectivity index (χ1) is 17.4. The van der Waals surface area contributed by atoms with E-state index in [1.807, 2.05) is 12.2 Å². The van der Waals surface area contributed by atoms with Crippen molar-refractivity contribution in [1.82, 2.24) is 10.6 Å². The van der Waals surface area contributed by atoms with Gasteiger partial charge in [-0.05, 0) is 47.0 Å². The summed E-state index contributed by atoms with van der Waals surface area (Å²) in [5.41, 5.74) is 1.99. The molecule has 4 atom stereocenters. The van der Waals surface area contributed by atoms with Crippen LogP contribution in [0.1, 0.15) is 23.6 Å². The molecule has 0 spiro atoms. The predicted octanol–water partition coefficient (Wildman–Crippen LogP) is 3.01. The number of benzene rings is 2. The third-order valence-electron chi connectivity index (χ3n) is 5.98. The zero-order valence-electron chi connectivity index (χ0n) is 19.9. The fraction of sp³-hybridized carbons (Fsp3) is 0.296. The molecule has 8 nitrogen and oxygen atoms in total. The molecular formula is C27H27ClN2O6. The monoisotopic (exact) mass is 510 g/mol. The number of hydrogen-bond donors (Lipinski definition) is 2. The first-order valence-corrected chi connectivity index (χ1v) is 11.9. The standard InChI is InChI=1S/C27H27ClN2O6/c1-34-19-9-7-18(8-10-19)25-26(32)29-22(27(33)35-2)14-17-6-11-23(21(28)13-17)36-20-5-3-4-16(12-20)15-24(31)30-25/h3-13,21-23,25H,14-15H2,1-2H3,(H,29,32)(H,30,31)/t21?,22-,23?,25-/m0/s1. The topological polar surface area (TPSA) is 103 Å². The molecule has 4 bridgehead atoms. The van der Waals surface area contributed by atoms with E-state index in [-0.39, 0.29) is 18.7 Å². The third-order valence-corrected chi connectivity index (χ3v) is 6.36. The Balaban J connectivity index is 1.71. The van der Waals surface area contributed by atoms with Gasteiger partial charge < -0.3 is 24.8 Å². The number of nitrogens with one attached hydrogen (secondary N) is 2. The van der Waals surface area contributed by atoms with Gasteiger partial charge in [0.2, 0.25) is 11.8 Å². The van der Waals surface area contributed by atoms with Crippen molar-refractivity contribution >= 4 is 29.4 Å². The minimum absolute atomic E-state index is 0.0203. The normalized spacial score (nSPS) is 24.1. The lowest BCUT2D eigenvalue weighted by atomic mass is 9.97. The number of allylic oxidation sites excluding steroid dienone is 1. The number of rotatable bonds is 3. The van der Waals surface area contributed by atoms with Gasteiger partial charge in [0.25, 0.3) is 0 Å². The molecule has 2 aliphatic heterocycles. The number of amides is 2. The number of carbonyl (C=O) groups excluding carboxylic acids is 3. The van der Waals surface area contributed by atoms with Gasteiger partial charge in [0.1, 0.15) is 29.7 Å². The van der Waals surface area contributed by atoms with Crippen LogP contribution in [0, 0.1) is 0 Å². The van der Waals surface area contributed by atoms with Crippen molar-refractivity contribution < 1.29 is 28.6 Å². The molecule has 188 valence electrons. The lowest BCUT2D eigenvalue weighted by Gasteiger charge is -2.26. The average Bonchev–Trinajstić information content (AvgIpc) is 2.87. The molecule has 1 aliphatic carbocycles. The van der Waals surface area contributed by atoms with Crippen molar-refractivity contribution in [3.8, 4) is 11.5 Å². The number of esters is 1. The van der Waals surface area contributed by atoms with Crippen molar-refractivity contribution in [2.75, 3.05) is 14.2 Å². The molecule has 2 aromatic carbocycles. The summed E-state index contributed by atoms with van der Waals surface area (Å²) in [6, 6.07) is 11.9. The molecule has 36 heavy (non-hydrogen) atoms. The fourth-order valence-corrected chi connectivity index (χ4v) is 4.42. The highest BCUT2D eigenvalue weighted by Gasteiger charge is 2.30. The zero-order valence-corrected chi connectivity index (χ0v) is 20.7. The molecule has 0 aromatic heterocycles. The van der Waals surface area contributed by atoms with Crippen molar-refractivity contribution in [3.63, 3.8) is 0 Å². The highest BCUT2D eigenvalue weighted by atomic mass is 35.5. The van der Waals surface area contributed by atoms with E-state index in [9.17, 15) is 14.4 Å². The summed E-state index contributed by atoms with van der Waals surface area (Å²) in [7, 11) is 2.79. The average molecular weight is 511 g/mol. The Hall–Kier alpha value is -3.78. The number of halogens is 1. The maximum Gasteiger partial charge on any atom is 0.328 e. The van der Waals surface area contributed by atoms with Crippen molar-refractivity contribution in [2.24, 2.45) is 0 Å². The third kappa shape index (κ3) is 6.07. The van der Waals surface area contributed by atoms with Gasteiger partial charge in [-0.2, -0.15) is 0 Å². The maximum absolute atomic E-state index is 13.4. The van der Waals surface area contributed by atoms with Crippen LogP contribution in [0.5, 0.6) is 11.5 Å². The second-order valence-electron chi connectivity index (χ2n) is 8.51. The van der Waals surface area contributed by atoms with E-state index in [2.05, 4.69) is 10.6 Å². The number of ether oxygens (including phenoxy) is 3. The second kappa shape index (κ2) is 11.3. The van der Waals surface area contributed by atoms with E-state index in [4.69, 9.17) is 25.8 Å². The molecule has 0 saturated carbocycles. The fourth-order valence-electron chi connectivity index (χ4n) is 4.13. The van der Waals surface area contributed by atoms with Crippen molar-refractivity contribution in [3.05, 3.63) is 83.5 Å². The molecule has 9 heteroatoms.